The third-order valence-electron chi connectivity index (χ3n) is 5.24. The molecule has 2 aromatic carbocycles. The zero-order valence-corrected chi connectivity index (χ0v) is 16.5. The van der Waals surface area contributed by atoms with Gasteiger partial charge in [-0.2, -0.15) is 0 Å². The highest BCUT2D eigenvalue weighted by atomic mass is 16.5. The van der Waals surface area contributed by atoms with Crippen LogP contribution in [0, 0.1) is 6.92 Å². The normalized spacial score (nSPS) is 14.7. The molecule has 1 aliphatic rings. The van der Waals surface area contributed by atoms with Crippen molar-refractivity contribution in [2.75, 3.05) is 20.3 Å². The van der Waals surface area contributed by atoms with E-state index in [1.807, 2.05) is 12.1 Å². The van der Waals surface area contributed by atoms with Gasteiger partial charge < -0.3 is 14.8 Å². The molecule has 1 N–H and O–H groups in total. The summed E-state index contributed by atoms with van der Waals surface area (Å²) in [4.78, 5) is 19.8. The van der Waals surface area contributed by atoms with Gasteiger partial charge in [0.2, 0.25) is 5.82 Å². The maximum absolute atomic E-state index is 11.7. The number of aromatic nitrogens is 2. The highest BCUT2D eigenvalue weighted by molar-refractivity contribution is 5.90. The summed E-state index contributed by atoms with van der Waals surface area (Å²) < 4.78 is 11.4. The van der Waals surface area contributed by atoms with Gasteiger partial charge in [-0.3, -0.25) is 4.79 Å². The molecule has 29 heavy (non-hydrogen) atoms. The monoisotopic (exact) mass is 389 g/mol. The Balaban J connectivity index is 1.47. The Hall–Kier alpha value is -3.25. The zero-order valence-electron chi connectivity index (χ0n) is 16.5. The second-order valence-electron chi connectivity index (χ2n) is 7.20. The minimum atomic E-state index is -0.319. The number of hydrogen-bond acceptors (Lipinski definition) is 5. The van der Waals surface area contributed by atoms with Gasteiger partial charge in [-0.15, -0.1) is 0 Å². The molecule has 6 nitrogen and oxygen atoms in total. The predicted octanol–water partition coefficient (Wildman–Crippen LogP) is 3.04. The highest BCUT2D eigenvalue weighted by Gasteiger charge is 2.41. The van der Waals surface area contributed by atoms with Crippen molar-refractivity contribution in [2.24, 2.45) is 0 Å². The van der Waals surface area contributed by atoms with Gasteiger partial charge in [0.1, 0.15) is 12.4 Å². The number of nitrogens with one attached hydrogen (secondary N) is 1. The average Bonchev–Trinajstić information content (AvgIpc) is 2.73. The summed E-state index contributed by atoms with van der Waals surface area (Å²) in [5.41, 5.74) is 4.28. The minimum Gasteiger partial charge on any atom is -0.487 e. The first-order chi connectivity index (χ1) is 14.1. The molecule has 0 aliphatic carbocycles. The van der Waals surface area contributed by atoms with Gasteiger partial charge in [0.05, 0.1) is 24.3 Å². The average molecular weight is 389 g/mol. The first-order valence-corrected chi connectivity index (χ1v) is 9.53. The van der Waals surface area contributed by atoms with Crippen LogP contribution in [0.4, 0.5) is 0 Å². The molecule has 0 atom stereocenters. The lowest BCUT2D eigenvalue weighted by atomic mass is 9.73. The maximum Gasteiger partial charge on any atom is 0.288 e. The van der Waals surface area contributed by atoms with E-state index in [2.05, 4.69) is 58.6 Å². The number of hydrogen-bond donors (Lipinski definition) is 1. The summed E-state index contributed by atoms with van der Waals surface area (Å²) in [7, 11) is 1.55. The Kier molecular flexibility index (Phi) is 5.27. The van der Waals surface area contributed by atoms with E-state index in [0.717, 1.165) is 5.75 Å². The molecule has 4 rings (SSSR count). The van der Waals surface area contributed by atoms with Crippen LogP contribution < -0.4 is 10.1 Å². The van der Waals surface area contributed by atoms with Gasteiger partial charge in [0.25, 0.3) is 5.91 Å². The molecule has 1 aromatic heterocycles. The molecule has 2 heterocycles. The molecule has 0 bridgehead atoms. The molecule has 0 saturated carbocycles. The Morgan fingerprint density at radius 2 is 1.72 bits per heavy atom. The minimum absolute atomic E-state index is 0.0959. The number of nitrogens with zero attached hydrogens (tertiary/aromatic N) is 2. The lowest BCUT2D eigenvalue weighted by molar-refractivity contribution is -0.0380. The second-order valence-corrected chi connectivity index (χ2v) is 7.20. The zero-order chi connectivity index (χ0) is 20.3. The molecule has 6 heteroatoms. The summed E-state index contributed by atoms with van der Waals surface area (Å²) in [6.45, 7) is 3.71. The Bertz CT molecular complexity index is 997. The van der Waals surface area contributed by atoms with E-state index >= 15 is 0 Å². The van der Waals surface area contributed by atoms with Crippen molar-refractivity contribution in [1.29, 1.82) is 0 Å². The Morgan fingerprint density at radius 1 is 1.07 bits per heavy atom. The van der Waals surface area contributed by atoms with E-state index in [-0.39, 0.29) is 23.8 Å². The summed E-state index contributed by atoms with van der Waals surface area (Å²) in [6, 6.07) is 18.5. The van der Waals surface area contributed by atoms with Crippen LogP contribution in [0.2, 0.25) is 0 Å². The van der Waals surface area contributed by atoms with Gasteiger partial charge >= 0.3 is 0 Å². The van der Waals surface area contributed by atoms with Gasteiger partial charge in [0, 0.05) is 13.2 Å². The van der Waals surface area contributed by atoms with E-state index in [0.29, 0.717) is 18.9 Å². The Morgan fingerprint density at radius 3 is 2.31 bits per heavy atom. The van der Waals surface area contributed by atoms with Crippen LogP contribution in [0.3, 0.4) is 0 Å². The Labute approximate surface area is 169 Å². The van der Waals surface area contributed by atoms with E-state index in [1.54, 1.807) is 19.3 Å². The van der Waals surface area contributed by atoms with Gasteiger partial charge in [-0.1, -0.05) is 42.0 Å². The van der Waals surface area contributed by atoms with Crippen molar-refractivity contribution in [3.05, 3.63) is 89.0 Å². The molecule has 1 amide bonds. The third kappa shape index (κ3) is 3.84. The maximum atomic E-state index is 11.7. The number of carbonyl (C=O) groups is 1. The lowest BCUT2D eigenvalue weighted by Gasteiger charge is -2.42. The fraction of sp³-hybridized carbons (Fsp3) is 0.261. The van der Waals surface area contributed by atoms with Gasteiger partial charge in [-0.25, -0.2) is 9.97 Å². The van der Waals surface area contributed by atoms with Gasteiger partial charge in [-0.05, 0) is 36.2 Å². The van der Waals surface area contributed by atoms with Gasteiger partial charge in [0.15, 0.2) is 0 Å². The van der Waals surface area contributed by atoms with Crippen molar-refractivity contribution < 1.29 is 14.3 Å². The molecule has 0 spiro atoms. The quantitative estimate of drug-likeness (QED) is 0.702. The van der Waals surface area contributed by atoms with Crippen LogP contribution in [0.15, 0.2) is 60.8 Å². The summed E-state index contributed by atoms with van der Waals surface area (Å²) in [5.74, 6) is 0.558. The molecule has 3 aromatic rings. The standard InChI is InChI=1S/C23H23N3O3/c1-16-3-5-17(6-4-16)23(14-28-15-23)18-7-9-20(10-8-18)29-13-19-11-12-25-21(26-19)22(27)24-2/h3-12H,13-15H2,1-2H3,(H,24,27). The van der Waals surface area contributed by atoms with Crippen LogP contribution in [0.1, 0.15) is 33.0 Å². The summed E-state index contributed by atoms with van der Waals surface area (Å²) >= 11 is 0. The van der Waals surface area contributed by atoms with Crippen LogP contribution in [0.5, 0.6) is 5.75 Å². The fourth-order valence-corrected chi connectivity index (χ4v) is 3.40. The molecular formula is C23H23N3O3. The second kappa shape index (κ2) is 8.01. The first-order valence-electron chi connectivity index (χ1n) is 9.53. The molecule has 0 unspecified atom stereocenters. The number of benzene rings is 2. The number of carbonyl (C=O) groups excluding carboxylic acids is 1. The topological polar surface area (TPSA) is 73.3 Å². The number of ether oxygens (including phenoxy) is 2. The molecule has 148 valence electrons. The van der Waals surface area contributed by atoms with Crippen LogP contribution in [-0.2, 0) is 16.8 Å². The van der Waals surface area contributed by atoms with Crippen molar-refractivity contribution >= 4 is 5.91 Å². The number of aryl methyl sites for hydroxylation is 1. The van der Waals surface area contributed by atoms with Crippen molar-refractivity contribution in [1.82, 2.24) is 15.3 Å². The van der Waals surface area contributed by atoms with Crippen LogP contribution >= 0.6 is 0 Å². The third-order valence-corrected chi connectivity index (χ3v) is 5.24. The van der Waals surface area contributed by atoms with Crippen molar-refractivity contribution in [3.63, 3.8) is 0 Å². The molecule has 1 fully saturated rings. The molecule has 1 saturated heterocycles. The van der Waals surface area contributed by atoms with E-state index < -0.39 is 0 Å². The van der Waals surface area contributed by atoms with Crippen LogP contribution in [-0.4, -0.2) is 36.1 Å². The molecule has 1 aliphatic heterocycles. The van der Waals surface area contributed by atoms with Crippen molar-refractivity contribution in [2.45, 2.75) is 18.9 Å². The van der Waals surface area contributed by atoms with Crippen molar-refractivity contribution in [3.8, 4) is 5.75 Å². The number of rotatable bonds is 6. The summed E-state index contributed by atoms with van der Waals surface area (Å²) in [6.07, 6.45) is 1.56. The fourth-order valence-electron chi connectivity index (χ4n) is 3.40. The molecular weight excluding hydrogens is 366 g/mol. The van der Waals surface area contributed by atoms with E-state index in [4.69, 9.17) is 9.47 Å². The van der Waals surface area contributed by atoms with E-state index in [1.165, 1.54) is 16.7 Å². The smallest absolute Gasteiger partial charge is 0.288 e. The lowest BCUT2D eigenvalue weighted by Crippen LogP contribution is -2.47. The SMILES string of the molecule is CNC(=O)c1nccc(COc2ccc(C3(c4ccc(C)cc4)COC3)cc2)n1. The molecule has 0 radical (unpaired) electrons. The summed E-state index contributed by atoms with van der Waals surface area (Å²) in [5, 5.41) is 2.52. The first kappa shape index (κ1) is 19.1. The predicted molar refractivity (Wildman–Crippen MR) is 109 cm³/mol. The van der Waals surface area contributed by atoms with E-state index in [9.17, 15) is 4.79 Å². The highest BCUT2D eigenvalue weighted by Crippen LogP contribution is 2.39. The number of amides is 1. The largest absolute Gasteiger partial charge is 0.487 e. The van der Waals surface area contributed by atoms with Crippen LogP contribution in [0.25, 0.3) is 0 Å².